The molecule has 0 fully saturated rings. The quantitative estimate of drug-likeness (QED) is 0.728. The summed E-state index contributed by atoms with van der Waals surface area (Å²) in [5.74, 6) is -2.78. The Morgan fingerprint density at radius 1 is 1.08 bits per heavy atom. The Hall–Kier alpha value is -2.45. The summed E-state index contributed by atoms with van der Waals surface area (Å²) in [7, 11) is -4.33. The van der Waals surface area contributed by atoms with Crippen molar-refractivity contribution in [3.63, 3.8) is 0 Å². The first-order chi connectivity index (χ1) is 11.6. The van der Waals surface area contributed by atoms with Gasteiger partial charge in [-0.25, -0.2) is 12.8 Å². The molecule has 0 heterocycles. The third-order valence-corrected chi connectivity index (χ3v) is 5.11. The number of sulfonamides is 1. The van der Waals surface area contributed by atoms with Crippen LogP contribution in [0.4, 0.5) is 4.39 Å². The number of aliphatic carboxylic acids is 1. The highest BCUT2D eigenvalue weighted by Crippen LogP contribution is 2.26. The number of carbonyl (C=O) groups is 1. The maximum atomic E-state index is 14.3. The number of phenolic OH excluding ortho intramolecular Hbond substituents is 1. The smallest absolute Gasteiger partial charge is 0.322 e. The number of phenols is 1. The number of nitrogens with one attached hydrogen (secondary N) is 1. The minimum absolute atomic E-state index is 0.0565. The Kier molecular flexibility index (Phi) is 5.44. The van der Waals surface area contributed by atoms with E-state index in [1.807, 2.05) is 4.72 Å². The van der Waals surface area contributed by atoms with E-state index >= 15 is 0 Å². The van der Waals surface area contributed by atoms with Crippen LogP contribution in [0, 0.1) is 11.7 Å². The molecule has 25 heavy (non-hydrogen) atoms. The van der Waals surface area contributed by atoms with E-state index in [1.165, 1.54) is 18.2 Å². The zero-order chi connectivity index (χ0) is 18.8. The number of benzene rings is 2. The molecule has 0 spiro atoms. The lowest BCUT2D eigenvalue weighted by atomic mass is 10.1. The van der Waals surface area contributed by atoms with Crippen molar-refractivity contribution < 1.29 is 27.8 Å². The number of carboxylic acids is 1. The highest BCUT2D eigenvalue weighted by Gasteiger charge is 2.29. The fraction of sp³-hybridized carbons (Fsp3) is 0.235. The molecule has 0 saturated heterocycles. The molecule has 3 N–H and O–H groups in total. The summed E-state index contributed by atoms with van der Waals surface area (Å²) >= 11 is 0. The van der Waals surface area contributed by atoms with Crippen molar-refractivity contribution in [2.24, 2.45) is 5.92 Å². The second-order valence-electron chi connectivity index (χ2n) is 5.87. The Balaban J connectivity index is 2.36. The van der Waals surface area contributed by atoms with Gasteiger partial charge in [-0.15, -0.1) is 0 Å². The predicted octanol–water partition coefficient (Wildman–Crippen LogP) is 2.59. The molecule has 0 amide bonds. The molecule has 0 bridgehead atoms. The molecule has 0 aliphatic rings. The SMILES string of the molecule is CC(C)[C@@H](NS(=O)(=O)c1ccc(-c2ccc(O)cc2)cc1F)C(=O)O. The first-order valence-electron chi connectivity index (χ1n) is 7.46. The molecule has 6 nitrogen and oxygen atoms in total. The summed E-state index contributed by atoms with van der Waals surface area (Å²) < 4.78 is 41.0. The topological polar surface area (TPSA) is 104 Å². The van der Waals surface area contributed by atoms with Gasteiger partial charge in [0.15, 0.2) is 0 Å². The average molecular weight is 367 g/mol. The van der Waals surface area contributed by atoms with E-state index < -0.39 is 38.7 Å². The van der Waals surface area contributed by atoms with E-state index in [0.29, 0.717) is 11.1 Å². The normalized spacial score (nSPS) is 13.0. The first kappa shape index (κ1) is 18.9. The van der Waals surface area contributed by atoms with E-state index in [4.69, 9.17) is 5.11 Å². The number of halogens is 1. The van der Waals surface area contributed by atoms with Gasteiger partial charge in [0.1, 0.15) is 22.5 Å². The van der Waals surface area contributed by atoms with Crippen LogP contribution in [0.2, 0.25) is 0 Å². The fourth-order valence-electron chi connectivity index (χ4n) is 2.25. The van der Waals surface area contributed by atoms with Crippen molar-refractivity contribution in [1.29, 1.82) is 0 Å². The first-order valence-corrected chi connectivity index (χ1v) is 8.94. The summed E-state index contributed by atoms with van der Waals surface area (Å²) in [4.78, 5) is 10.5. The number of hydrogen-bond acceptors (Lipinski definition) is 4. The molecular formula is C17H18FNO5S. The van der Waals surface area contributed by atoms with Gasteiger partial charge in [-0.2, -0.15) is 4.72 Å². The minimum atomic E-state index is -4.33. The van der Waals surface area contributed by atoms with Gasteiger partial charge in [0, 0.05) is 0 Å². The number of carboxylic acid groups (broad SMARTS) is 1. The summed E-state index contributed by atoms with van der Waals surface area (Å²) in [5.41, 5.74) is 1.02. The molecule has 2 aromatic rings. The highest BCUT2D eigenvalue weighted by molar-refractivity contribution is 7.89. The number of aromatic hydroxyl groups is 1. The van der Waals surface area contributed by atoms with Crippen LogP contribution in [-0.2, 0) is 14.8 Å². The van der Waals surface area contributed by atoms with Gasteiger partial charge in [0.25, 0.3) is 0 Å². The van der Waals surface area contributed by atoms with Gasteiger partial charge in [0.05, 0.1) is 0 Å². The van der Waals surface area contributed by atoms with Gasteiger partial charge in [-0.1, -0.05) is 32.0 Å². The molecule has 2 aromatic carbocycles. The molecule has 0 radical (unpaired) electrons. The van der Waals surface area contributed by atoms with Gasteiger partial charge >= 0.3 is 5.97 Å². The molecule has 8 heteroatoms. The van der Waals surface area contributed by atoms with E-state index in [-0.39, 0.29) is 5.75 Å². The third-order valence-electron chi connectivity index (χ3n) is 3.64. The lowest BCUT2D eigenvalue weighted by Crippen LogP contribution is -2.44. The van der Waals surface area contributed by atoms with Crippen molar-refractivity contribution in [3.05, 3.63) is 48.3 Å². The van der Waals surface area contributed by atoms with Crippen LogP contribution >= 0.6 is 0 Å². The van der Waals surface area contributed by atoms with Crippen LogP contribution < -0.4 is 4.72 Å². The van der Waals surface area contributed by atoms with Gasteiger partial charge in [-0.05, 0) is 41.3 Å². The molecule has 0 aliphatic heterocycles. The Morgan fingerprint density at radius 3 is 2.12 bits per heavy atom. The molecule has 0 aromatic heterocycles. The van der Waals surface area contributed by atoms with E-state index in [1.54, 1.807) is 26.0 Å². The zero-order valence-corrected chi connectivity index (χ0v) is 14.4. The zero-order valence-electron chi connectivity index (χ0n) is 13.6. The van der Waals surface area contributed by atoms with Crippen molar-refractivity contribution >= 4 is 16.0 Å². The van der Waals surface area contributed by atoms with E-state index in [0.717, 1.165) is 12.1 Å². The Labute approximate surface area is 145 Å². The van der Waals surface area contributed by atoms with Crippen LogP contribution in [-0.4, -0.2) is 30.6 Å². The molecule has 134 valence electrons. The maximum absolute atomic E-state index is 14.3. The van der Waals surface area contributed by atoms with Gasteiger partial charge in [0.2, 0.25) is 10.0 Å². The maximum Gasteiger partial charge on any atom is 0.322 e. The van der Waals surface area contributed by atoms with Crippen molar-refractivity contribution in [2.45, 2.75) is 24.8 Å². The summed E-state index contributed by atoms with van der Waals surface area (Å²) in [6, 6.07) is 8.17. The van der Waals surface area contributed by atoms with Crippen LogP contribution in [0.1, 0.15) is 13.8 Å². The largest absolute Gasteiger partial charge is 0.508 e. The van der Waals surface area contributed by atoms with Crippen molar-refractivity contribution in [3.8, 4) is 16.9 Å². The van der Waals surface area contributed by atoms with Crippen molar-refractivity contribution in [1.82, 2.24) is 4.72 Å². The number of rotatable bonds is 6. The van der Waals surface area contributed by atoms with Crippen LogP contribution in [0.15, 0.2) is 47.4 Å². The summed E-state index contributed by atoms with van der Waals surface area (Å²) in [5, 5.41) is 18.4. The fourth-order valence-corrected chi connectivity index (χ4v) is 3.65. The van der Waals surface area contributed by atoms with Gasteiger partial charge in [-0.3, -0.25) is 4.79 Å². The molecule has 0 saturated carbocycles. The molecular weight excluding hydrogens is 349 g/mol. The molecule has 1 atom stereocenters. The summed E-state index contributed by atoms with van der Waals surface area (Å²) in [6.45, 7) is 3.09. The monoisotopic (exact) mass is 367 g/mol. The van der Waals surface area contributed by atoms with Crippen LogP contribution in [0.3, 0.4) is 0 Å². The number of hydrogen-bond donors (Lipinski definition) is 3. The lowest BCUT2D eigenvalue weighted by molar-refractivity contribution is -0.140. The lowest BCUT2D eigenvalue weighted by Gasteiger charge is -2.18. The molecule has 0 aliphatic carbocycles. The predicted molar refractivity (Wildman–Crippen MR) is 90.1 cm³/mol. The minimum Gasteiger partial charge on any atom is -0.508 e. The average Bonchev–Trinajstić information content (AvgIpc) is 2.52. The van der Waals surface area contributed by atoms with Crippen molar-refractivity contribution in [2.75, 3.05) is 0 Å². The van der Waals surface area contributed by atoms with Gasteiger partial charge < -0.3 is 10.2 Å². The second-order valence-corrected chi connectivity index (χ2v) is 7.56. The highest BCUT2D eigenvalue weighted by atomic mass is 32.2. The standard InChI is InChI=1S/C17H18FNO5S/c1-10(2)16(17(21)22)19-25(23,24)15-8-5-12(9-14(15)18)11-3-6-13(20)7-4-11/h3-10,16,19-20H,1-2H3,(H,21,22)/t16-/m1/s1. The molecule has 0 unspecified atom stereocenters. The van der Waals surface area contributed by atoms with Crippen LogP contribution in [0.5, 0.6) is 5.75 Å². The third kappa shape index (κ3) is 4.34. The summed E-state index contributed by atoms with van der Waals surface area (Å²) in [6.07, 6.45) is 0. The second kappa shape index (κ2) is 7.20. The van der Waals surface area contributed by atoms with Crippen LogP contribution in [0.25, 0.3) is 11.1 Å². The molecule has 2 rings (SSSR count). The van der Waals surface area contributed by atoms with E-state index in [2.05, 4.69) is 0 Å². The Bertz CT molecular complexity index is 878. The Morgan fingerprint density at radius 2 is 1.64 bits per heavy atom. The van der Waals surface area contributed by atoms with E-state index in [9.17, 15) is 22.7 Å².